The van der Waals surface area contributed by atoms with E-state index in [1.54, 1.807) is 12.1 Å². The van der Waals surface area contributed by atoms with Crippen LogP contribution in [0.3, 0.4) is 0 Å². The smallest absolute Gasteiger partial charge is 0.254 e. The molecule has 1 saturated carbocycles. The third-order valence-electron chi connectivity index (χ3n) is 4.30. The standard InChI is InChI=1S/C15H18Cl2N2O2/c16-10-7-9(8-11(18)14(10)17)15(20)19-5-6-21-13-4-2-1-3-12(13)19/h7-8,12-13H,1-6,18H2. The molecule has 1 amide bonds. The zero-order chi connectivity index (χ0) is 15.0. The minimum absolute atomic E-state index is 0.0412. The maximum atomic E-state index is 12.8. The van der Waals surface area contributed by atoms with Crippen molar-refractivity contribution < 1.29 is 9.53 Å². The third kappa shape index (κ3) is 2.85. The molecule has 2 unspecified atom stereocenters. The SMILES string of the molecule is Nc1cc(C(=O)N2CCOC3CCCCC32)cc(Cl)c1Cl. The molecule has 2 N–H and O–H groups in total. The van der Waals surface area contributed by atoms with Crippen molar-refractivity contribution in [1.29, 1.82) is 0 Å². The second-order valence-electron chi connectivity index (χ2n) is 5.62. The second kappa shape index (κ2) is 6.03. The van der Waals surface area contributed by atoms with Gasteiger partial charge in [-0.05, 0) is 25.0 Å². The number of hydrogen-bond acceptors (Lipinski definition) is 3. The number of hydrogen-bond donors (Lipinski definition) is 1. The van der Waals surface area contributed by atoms with Gasteiger partial charge in [0.25, 0.3) is 5.91 Å². The number of anilines is 1. The Bertz CT molecular complexity index is 540. The maximum Gasteiger partial charge on any atom is 0.254 e. The highest BCUT2D eigenvalue weighted by molar-refractivity contribution is 6.43. The van der Waals surface area contributed by atoms with Crippen LogP contribution < -0.4 is 5.73 Å². The van der Waals surface area contributed by atoms with Gasteiger partial charge in [0.2, 0.25) is 0 Å². The highest BCUT2D eigenvalue weighted by Gasteiger charge is 2.37. The minimum atomic E-state index is -0.0412. The first-order valence-corrected chi connectivity index (χ1v) is 8.00. The van der Waals surface area contributed by atoms with E-state index in [0.717, 1.165) is 19.3 Å². The van der Waals surface area contributed by atoms with Crippen LogP contribution in [0.2, 0.25) is 10.0 Å². The number of benzene rings is 1. The molecular weight excluding hydrogens is 311 g/mol. The van der Waals surface area contributed by atoms with Crippen LogP contribution in [0.1, 0.15) is 36.0 Å². The molecule has 6 heteroatoms. The van der Waals surface area contributed by atoms with Gasteiger partial charge < -0.3 is 15.4 Å². The van der Waals surface area contributed by atoms with E-state index in [-0.39, 0.29) is 18.1 Å². The number of nitrogen functional groups attached to an aromatic ring is 1. The Labute approximate surface area is 134 Å². The third-order valence-corrected chi connectivity index (χ3v) is 5.11. The summed E-state index contributed by atoms with van der Waals surface area (Å²) in [7, 11) is 0. The van der Waals surface area contributed by atoms with Crippen LogP contribution in [0.15, 0.2) is 12.1 Å². The molecule has 0 spiro atoms. The van der Waals surface area contributed by atoms with Crippen molar-refractivity contribution in [3.8, 4) is 0 Å². The molecular formula is C15H18Cl2N2O2. The largest absolute Gasteiger partial charge is 0.397 e. The molecule has 2 fully saturated rings. The normalized spacial score (nSPS) is 25.5. The van der Waals surface area contributed by atoms with Crippen molar-refractivity contribution in [3.05, 3.63) is 27.7 Å². The molecule has 4 nitrogen and oxygen atoms in total. The van der Waals surface area contributed by atoms with Crippen molar-refractivity contribution in [1.82, 2.24) is 4.90 Å². The van der Waals surface area contributed by atoms with Gasteiger partial charge in [-0.2, -0.15) is 0 Å². The van der Waals surface area contributed by atoms with Crippen molar-refractivity contribution in [3.63, 3.8) is 0 Å². The quantitative estimate of drug-likeness (QED) is 0.804. The summed E-state index contributed by atoms with van der Waals surface area (Å²) in [6.07, 6.45) is 4.49. The van der Waals surface area contributed by atoms with Crippen molar-refractivity contribution in [2.24, 2.45) is 0 Å². The number of morpholine rings is 1. The minimum Gasteiger partial charge on any atom is -0.397 e. The van der Waals surface area contributed by atoms with E-state index in [0.29, 0.717) is 34.4 Å². The number of carbonyl (C=O) groups excluding carboxylic acids is 1. The molecule has 1 aromatic rings. The van der Waals surface area contributed by atoms with Crippen LogP contribution in [0.25, 0.3) is 0 Å². The van der Waals surface area contributed by atoms with Gasteiger partial charge in [0.05, 0.1) is 34.5 Å². The van der Waals surface area contributed by atoms with Crippen LogP contribution in [0, 0.1) is 0 Å². The fourth-order valence-corrected chi connectivity index (χ4v) is 3.58. The van der Waals surface area contributed by atoms with Gasteiger partial charge >= 0.3 is 0 Å². The van der Waals surface area contributed by atoms with E-state index in [1.165, 1.54) is 6.42 Å². The van der Waals surface area contributed by atoms with Crippen LogP contribution in [-0.2, 0) is 4.74 Å². The number of fused-ring (bicyclic) bond motifs is 1. The van der Waals surface area contributed by atoms with Crippen molar-refractivity contribution in [2.45, 2.75) is 37.8 Å². The summed E-state index contributed by atoms with van der Waals surface area (Å²) < 4.78 is 5.80. The molecule has 1 aliphatic carbocycles. The molecule has 21 heavy (non-hydrogen) atoms. The average Bonchev–Trinajstić information content (AvgIpc) is 2.51. The molecule has 0 radical (unpaired) electrons. The molecule has 1 heterocycles. The highest BCUT2D eigenvalue weighted by atomic mass is 35.5. The summed E-state index contributed by atoms with van der Waals surface area (Å²) in [5.74, 6) is -0.0412. The number of rotatable bonds is 1. The molecule has 2 atom stereocenters. The second-order valence-corrected chi connectivity index (χ2v) is 6.41. The van der Waals surface area contributed by atoms with Crippen LogP contribution in [-0.4, -0.2) is 36.1 Å². The number of carbonyl (C=O) groups is 1. The average molecular weight is 329 g/mol. The molecule has 0 bridgehead atoms. The van der Waals surface area contributed by atoms with Gasteiger partial charge in [-0.1, -0.05) is 36.0 Å². The van der Waals surface area contributed by atoms with Gasteiger partial charge in [-0.3, -0.25) is 4.79 Å². The predicted octanol–water partition coefficient (Wildman–Crippen LogP) is 3.36. The Balaban J connectivity index is 1.87. The molecule has 114 valence electrons. The monoisotopic (exact) mass is 328 g/mol. The lowest BCUT2D eigenvalue weighted by atomic mass is 9.89. The summed E-state index contributed by atoms with van der Waals surface area (Å²) in [6, 6.07) is 3.36. The molecule has 0 aromatic heterocycles. The van der Waals surface area contributed by atoms with E-state index >= 15 is 0 Å². The molecule has 1 aromatic carbocycles. The fraction of sp³-hybridized carbons (Fsp3) is 0.533. The van der Waals surface area contributed by atoms with E-state index in [9.17, 15) is 4.79 Å². The number of halogens is 2. The van der Waals surface area contributed by atoms with Gasteiger partial charge in [0.15, 0.2) is 0 Å². The van der Waals surface area contributed by atoms with E-state index < -0.39 is 0 Å². The van der Waals surface area contributed by atoms with Crippen LogP contribution in [0.5, 0.6) is 0 Å². The van der Waals surface area contributed by atoms with Gasteiger partial charge in [0, 0.05) is 12.1 Å². The lowest BCUT2D eigenvalue weighted by Gasteiger charge is -2.43. The Morgan fingerprint density at radius 1 is 1.29 bits per heavy atom. The number of ether oxygens (including phenoxy) is 1. The zero-order valence-corrected chi connectivity index (χ0v) is 13.2. The fourth-order valence-electron chi connectivity index (χ4n) is 3.25. The molecule has 1 saturated heterocycles. The Morgan fingerprint density at radius 2 is 2.05 bits per heavy atom. The van der Waals surface area contributed by atoms with Crippen molar-refractivity contribution >= 4 is 34.8 Å². The first-order valence-electron chi connectivity index (χ1n) is 7.25. The number of amides is 1. The summed E-state index contributed by atoms with van der Waals surface area (Å²) >= 11 is 12.0. The van der Waals surface area contributed by atoms with Gasteiger partial charge in [-0.25, -0.2) is 0 Å². The van der Waals surface area contributed by atoms with Crippen molar-refractivity contribution in [2.75, 3.05) is 18.9 Å². The zero-order valence-electron chi connectivity index (χ0n) is 11.6. The Kier molecular flexibility index (Phi) is 4.29. The topological polar surface area (TPSA) is 55.6 Å². The number of nitrogens with two attached hydrogens (primary N) is 1. The molecule has 1 aliphatic heterocycles. The Morgan fingerprint density at radius 3 is 2.81 bits per heavy atom. The van der Waals surface area contributed by atoms with Gasteiger partial charge in [0.1, 0.15) is 0 Å². The first kappa shape index (κ1) is 14.9. The lowest BCUT2D eigenvalue weighted by Crippen LogP contribution is -2.54. The highest BCUT2D eigenvalue weighted by Crippen LogP contribution is 2.32. The van der Waals surface area contributed by atoms with E-state index in [1.807, 2.05) is 4.90 Å². The predicted molar refractivity (Wildman–Crippen MR) is 83.9 cm³/mol. The Hall–Kier alpha value is -0.970. The van der Waals surface area contributed by atoms with E-state index in [4.69, 9.17) is 33.7 Å². The van der Waals surface area contributed by atoms with Crippen LogP contribution in [0.4, 0.5) is 5.69 Å². The summed E-state index contributed by atoms with van der Waals surface area (Å²) in [5.41, 5.74) is 6.64. The summed E-state index contributed by atoms with van der Waals surface area (Å²) in [6.45, 7) is 1.20. The van der Waals surface area contributed by atoms with Gasteiger partial charge in [-0.15, -0.1) is 0 Å². The van der Waals surface area contributed by atoms with Crippen LogP contribution >= 0.6 is 23.2 Å². The number of nitrogens with zero attached hydrogens (tertiary/aromatic N) is 1. The lowest BCUT2D eigenvalue weighted by molar-refractivity contribution is -0.0752. The molecule has 3 rings (SSSR count). The maximum absolute atomic E-state index is 12.8. The molecule has 2 aliphatic rings. The summed E-state index contributed by atoms with van der Waals surface area (Å²) in [5, 5.41) is 0.610. The van der Waals surface area contributed by atoms with E-state index in [2.05, 4.69) is 0 Å². The summed E-state index contributed by atoms with van der Waals surface area (Å²) in [4.78, 5) is 14.7. The first-order chi connectivity index (χ1) is 10.1.